The summed E-state index contributed by atoms with van der Waals surface area (Å²) in [4.78, 5) is 9.99. The number of non-ortho nitro benzene ring substituents is 1. The normalized spacial score (nSPS) is 11.3. The summed E-state index contributed by atoms with van der Waals surface area (Å²) < 4.78 is 39.7. The zero-order chi connectivity index (χ0) is 16.9. The lowest BCUT2D eigenvalue weighted by atomic mass is 10.1. The molecule has 1 N–H and O–H groups in total. The number of halogens is 1. The van der Waals surface area contributed by atoms with E-state index in [-0.39, 0.29) is 30.2 Å². The Morgan fingerprint density at radius 2 is 1.74 bits per heavy atom. The summed E-state index contributed by atoms with van der Waals surface area (Å²) in [5.41, 5.74) is 0.776. The highest BCUT2D eigenvalue weighted by Crippen LogP contribution is 2.13. The van der Waals surface area contributed by atoms with E-state index in [1.807, 2.05) is 0 Å². The number of nitro groups is 1. The average Bonchev–Trinajstić information content (AvgIpc) is 2.49. The monoisotopic (exact) mass is 338 g/mol. The molecule has 0 aliphatic carbocycles. The van der Waals surface area contributed by atoms with Crippen molar-refractivity contribution < 1.29 is 17.7 Å². The molecular formula is C15H15FN2O4S. The Labute approximate surface area is 133 Å². The molecule has 2 aromatic rings. The second kappa shape index (κ2) is 7.30. The summed E-state index contributed by atoms with van der Waals surface area (Å²) in [6, 6.07) is 11.5. The number of hydrogen-bond acceptors (Lipinski definition) is 4. The van der Waals surface area contributed by atoms with Gasteiger partial charge in [-0.25, -0.2) is 17.5 Å². The Morgan fingerprint density at radius 3 is 2.35 bits per heavy atom. The van der Waals surface area contributed by atoms with Gasteiger partial charge in [-0.1, -0.05) is 30.3 Å². The quantitative estimate of drug-likeness (QED) is 0.620. The van der Waals surface area contributed by atoms with Crippen molar-refractivity contribution in [3.63, 3.8) is 0 Å². The Kier molecular flexibility index (Phi) is 5.41. The summed E-state index contributed by atoms with van der Waals surface area (Å²) in [5, 5.41) is 10.5. The van der Waals surface area contributed by atoms with Crippen molar-refractivity contribution in [2.24, 2.45) is 0 Å². The standard InChI is InChI=1S/C15H15FN2O4S/c16-15-4-2-1-3-13(15)9-10-17-23(21,22)11-12-5-7-14(8-6-12)18(19)20/h1-8,17H,9-11H2. The molecule has 0 bridgehead atoms. The topological polar surface area (TPSA) is 89.3 Å². The second-order valence-electron chi connectivity index (χ2n) is 4.92. The predicted molar refractivity (Wildman–Crippen MR) is 83.8 cm³/mol. The van der Waals surface area contributed by atoms with E-state index in [1.165, 1.54) is 30.3 Å². The number of benzene rings is 2. The van der Waals surface area contributed by atoms with E-state index in [4.69, 9.17) is 0 Å². The minimum absolute atomic E-state index is 0.0796. The van der Waals surface area contributed by atoms with Crippen LogP contribution in [-0.4, -0.2) is 19.9 Å². The van der Waals surface area contributed by atoms with Gasteiger partial charge in [-0.15, -0.1) is 0 Å². The summed E-state index contributed by atoms with van der Waals surface area (Å²) >= 11 is 0. The van der Waals surface area contributed by atoms with E-state index >= 15 is 0 Å². The summed E-state index contributed by atoms with van der Waals surface area (Å²) in [6.45, 7) is 0.0796. The van der Waals surface area contributed by atoms with Crippen LogP contribution in [0.4, 0.5) is 10.1 Å². The predicted octanol–water partition coefficient (Wildman–Crippen LogP) is 2.40. The molecule has 0 heterocycles. The highest BCUT2D eigenvalue weighted by molar-refractivity contribution is 7.88. The van der Waals surface area contributed by atoms with Crippen LogP contribution in [0.3, 0.4) is 0 Å². The second-order valence-corrected chi connectivity index (χ2v) is 6.73. The van der Waals surface area contributed by atoms with Crippen molar-refractivity contribution in [2.45, 2.75) is 12.2 Å². The van der Waals surface area contributed by atoms with Crippen LogP contribution in [-0.2, 0) is 22.2 Å². The van der Waals surface area contributed by atoms with Crippen molar-refractivity contribution in [1.82, 2.24) is 4.72 Å². The molecule has 8 heteroatoms. The molecule has 0 amide bonds. The number of nitrogens with one attached hydrogen (secondary N) is 1. The third-order valence-corrected chi connectivity index (χ3v) is 4.54. The van der Waals surface area contributed by atoms with Gasteiger partial charge in [0.1, 0.15) is 5.82 Å². The Hall–Kier alpha value is -2.32. The van der Waals surface area contributed by atoms with Gasteiger partial charge in [-0.05, 0) is 23.6 Å². The van der Waals surface area contributed by atoms with Crippen molar-refractivity contribution in [1.29, 1.82) is 0 Å². The summed E-state index contributed by atoms with van der Waals surface area (Å²) in [5.74, 6) is -0.663. The van der Waals surface area contributed by atoms with Crippen LogP contribution in [0.15, 0.2) is 48.5 Å². The van der Waals surface area contributed by atoms with Crippen molar-refractivity contribution in [3.05, 3.63) is 75.6 Å². The molecular weight excluding hydrogens is 323 g/mol. The lowest BCUT2D eigenvalue weighted by molar-refractivity contribution is -0.384. The van der Waals surface area contributed by atoms with E-state index in [0.717, 1.165) is 0 Å². The van der Waals surface area contributed by atoms with Crippen LogP contribution in [0.2, 0.25) is 0 Å². The molecule has 0 aliphatic rings. The smallest absolute Gasteiger partial charge is 0.258 e. The molecule has 122 valence electrons. The number of rotatable bonds is 7. The molecule has 6 nitrogen and oxygen atoms in total. The number of nitro benzene ring substituents is 1. The fraction of sp³-hybridized carbons (Fsp3) is 0.200. The van der Waals surface area contributed by atoms with Gasteiger partial charge in [0.15, 0.2) is 0 Å². The molecule has 0 unspecified atom stereocenters. The minimum atomic E-state index is -3.59. The van der Waals surface area contributed by atoms with Gasteiger partial charge in [-0.3, -0.25) is 10.1 Å². The highest BCUT2D eigenvalue weighted by Gasteiger charge is 2.13. The number of nitrogens with zero attached hydrogens (tertiary/aromatic N) is 1. The van der Waals surface area contributed by atoms with E-state index < -0.39 is 14.9 Å². The third-order valence-electron chi connectivity index (χ3n) is 3.18. The summed E-state index contributed by atoms with van der Waals surface area (Å²) in [7, 11) is -3.59. The van der Waals surface area contributed by atoms with Crippen molar-refractivity contribution in [3.8, 4) is 0 Å². The molecule has 0 spiro atoms. The van der Waals surface area contributed by atoms with Crippen LogP contribution >= 0.6 is 0 Å². The minimum Gasteiger partial charge on any atom is -0.258 e. The fourth-order valence-corrected chi connectivity index (χ4v) is 3.17. The SMILES string of the molecule is O=[N+]([O-])c1ccc(CS(=O)(=O)NCCc2ccccc2F)cc1. The lowest BCUT2D eigenvalue weighted by Crippen LogP contribution is -2.27. The van der Waals surface area contributed by atoms with Crippen molar-refractivity contribution in [2.75, 3.05) is 6.54 Å². The molecule has 23 heavy (non-hydrogen) atoms. The van der Waals surface area contributed by atoms with Crippen LogP contribution in [0.5, 0.6) is 0 Å². The van der Waals surface area contributed by atoms with Gasteiger partial charge >= 0.3 is 0 Å². The molecule has 0 radical (unpaired) electrons. The van der Waals surface area contributed by atoms with Crippen LogP contribution in [0.1, 0.15) is 11.1 Å². The highest BCUT2D eigenvalue weighted by atomic mass is 32.2. The zero-order valence-electron chi connectivity index (χ0n) is 12.1. The maximum atomic E-state index is 13.4. The van der Waals surface area contributed by atoms with E-state index in [1.54, 1.807) is 18.2 Å². The van der Waals surface area contributed by atoms with Crippen molar-refractivity contribution >= 4 is 15.7 Å². The Bertz CT molecular complexity index is 791. The van der Waals surface area contributed by atoms with Crippen LogP contribution < -0.4 is 4.72 Å². The molecule has 0 atom stereocenters. The first-order valence-electron chi connectivity index (χ1n) is 6.81. The fourth-order valence-electron chi connectivity index (χ4n) is 2.03. The van der Waals surface area contributed by atoms with Gasteiger partial charge in [0.25, 0.3) is 5.69 Å². The Balaban J connectivity index is 1.91. The molecule has 2 aromatic carbocycles. The van der Waals surface area contributed by atoms with Gasteiger partial charge in [0, 0.05) is 18.7 Å². The molecule has 0 aliphatic heterocycles. The lowest BCUT2D eigenvalue weighted by Gasteiger charge is -2.07. The number of hydrogen-bond donors (Lipinski definition) is 1. The maximum absolute atomic E-state index is 13.4. The molecule has 0 aromatic heterocycles. The van der Waals surface area contributed by atoms with E-state index in [0.29, 0.717) is 11.1 Å². The molecule has 0 fully saturated rings. The summed E-state index contributed by atoms with van der Waals surface area (Å²) in [6.07, 6.45) is 0.242. The van der Waals surface area contributed by atoms with Gasteiger partial charge < -0.3 is 0 Å². The largest absolute Gasteiger partial charge is 0.269 e. The van der Waals surface area contributed by atoms with Crippen LogP contribution in [0, 0.1) is 15.9 Å². The zero-order valence-corrected chi connectivity index (χ0v) is 12.9. The molecule has 0 saturated carbocycles. The maximum Gasteiger partial charge on any atom is 0.269 e. The van der Waals surface area contributed by atoms with E-state index in [9.17, 15) is 22.9 Å². The van der Waals surface area contributed by atoms with Gasteiger partial charge in [0.05, 0.1) is 10.7 Å². The average molecular weight is 338 g/mol. The first kappa shape index (κ1) is 17.0. The first-order valence-corrected chi connectivity index (χ1v) is 8.47. The van der Waals surface area contributed by atoms with Crippen LogP contribution in [0.25, 0.3) is 0 Å². The first-order chi connectivity index (χ1) is 10.9. The molecule has 0 saturated heterocycles. The van der Waals surface area contributed by atoms with E-state index in [2.05, 4.69) is 4.72 Å². The van der Waals surface area contributed by atoms with Gasteiger partial charge in [0.2, 0.25) is 10.0 Å². The molecule has 2 rings (SSSR count). The van der Waals surface area contributed by atoms with Gasteiger partial charge in [-0.2, -0.15) is 0 Å². The Morgan fingerprint density at radius 1 is 1.09 bits per heavy atom. The number of sulfonamides is 1. The third kappa shape index (κ3) is 5.11.